The number of rotatable bonds is 8. The van der Waals surface area contributed by atoms with Gasteiger partial charge in [-0.1, -0.05) is 39.0 Å². The molecule has 1 aromatic heterocycles. The summed E-state index contributed by atoms with van der Waals surface area (Å²) in [6, 6.07) is 10.3. The minimum atomic E-state index is -4.91. The number of anilines is 1. The fourth-order valence-electron chi connectivity index (χ4n) is 2.95. The van der Waals surface area contributed by atoms with Crippen LogP contribution in [-0.2, 0) is 10.9 Å². The Hall–Kier alpha value is -3.33. The third kappa shape index (κ3) is 7.62. The van der Waals surface area contributed by atoms with Gasteiger partial charge in [0.1, 0.15) is 6.73 Å². The summed E-state index contributed by atoms with van der Waals surface area (Å²) in [5, 5.41) is 0. The first kappa shape index (κ1) is 26.9. The van der Waals surface area contributed by atoms with Gasteiger partial charge < -0.3 is 4.74 Å². The number of halogens is 4. The number of aromatic nitrogens is 1. The Labute approximate surface area is 196 Å². The maximum absolute atomic E-state index is 14.1. The molecule has 5 nitrogen and oxygen atoms in total. The summed E-state index contributed by atoms with van der Waals surface area (Å²) in [7, 11) is 0. The van der Waals surface area contributed by atoms with E-state index in [1.165, 1.54) is 18.2 Å². The second kappa shape index (κ2) is 11.2. The maximum atomic E-state index is 14.1. The Morgan fingerprint density at radius 2 is 1.79 bits per heavy atom. The zero-order chi connectivity index (χ0) is 25.5. The van der Waals surface area contributed by atoms with Gasteiger partial charge in [0.25, 0.3) is 5.91 Å². The predicted octanol–water partition coefficient (Wildman–Crippen LogP) is 6.68. The number of aliphatic imine (C=N–C) groups is 1. The first-order valence-electron chi connectivity index (χ1n) is 10.4. The van der Waals surface area contributed by atoms with Crippen molar-refractivity contribution in [3.05, 3.63) is 77.5 Å². The number of hydrogen-bond acceptors (Lipinski definition) is 4. The van der Waals surface area contributed by atoms with Gasteiger partial charge >= 0.3 is 6.18 Å². The summed E-state index contributed by atoms with van der Waals surface area (Å²) in [5.74, 6) is -1.33. The second-order valence-electron chi connectivity index (χ2n) is 8.70. The average Bonchev–Trinajstić information content (AvgIpc) is 2.75. The minimum Gasteiger partial charge on any atom is -0.360 e. The molecular formula is C25H27F4N3O2. The first-order chi connectivity index (χ1) is 15.8. The summed E-state index contributed by atoms with van der Waals surface area (Å²) >= 11 is 0. The fourth-order valence-corrected chi connectivity index (χ4v) is 2.95. The highest BCUT2D eigenvalue weighted by Gasteiger charge is 2.39. The normalized spacial score (nSPS) is 13.1. The molecule has 1 aromatic carbocycles. The van der Waals surface area contributed by atoms with E-state index in [9.17, 15) is 22.4 Å². The smallest absolute Gasteiger partial charge is 0.360 e. The van der Waals surface area contributed by atoms with Crippen molar-refractivity contribution in [2.75, 3.05) is 18.2 Å². The van der Waals surface area contributed by atoms with Crippen LogP contribution in [0.2, 0.25) is 0 Å². The zero-order valence-electron chi connectivity index (χ0n) is 19.5. The number of benzene rings is 1. The van der Waals surface area contributed by atoms with Gasteiger partial charge in [0.15, 0.2) is 5.69 Å². The highest BCUT2D eigenvalue weighted by atomic mass is 19.4. The average molecular weight is 478 g/mol. The molecule has 0 aliphatic carbocycles. The molecule has 182 valence electrons. The van der Waals surface area contributed by atoms with Gasteiger partial charge in [-0.2, -0.15) is 13.2 Å². The third-order valence-corrected chi connectivity index (χ3v) is 4.34. The number of nitrogens with zero attached hydrogens (tertiary/aromatic N) is 3. The quantitative estimate of drug-likeness (QED) is 0.184. The van der Waals surface area contributed by atoms with Crippen LogP contribution in [0.15, 0.2) is 65.6 Å². The molecule has 1 amide bonds. The van der Waals surface area contributed by atoms with Crippen LogP contribution in [0.4, 0.5) is 23.2 Å². The molecule has 0 atom stereocenters. The summed E-state index contributed by atoms with van der Waals surface area (Å²) in [4.78, 5) is 21.3. The van der Waals surface area contributed by atoms with Gasteiger partial charge in [-0.3, -0.25) is 14.7 Å². The van der Waals surface area contributed by atoms with Crippen LogP contribution >= 0.6 is 0 Å². The second-order valence-corrected chi connectivity index (χ2v) is 8.70. The van der Waals surface area contributed by atoms with Gasteiger partial charge in [-0.25, -0.2) is 9.37 Å². The number of amides is 1. The van der Waals surface area contributed by atoms with E-state index in [1.807, 2.05) is 20.8 Å². The maximum Gasteiger partial charge on any atom is 0.435 e. The molecule has 1 heterocycles. The topological polar surface area (TPSA) is 54.8 Å². The van der Waals surface area contributed by atoms with Crippen molar-refractivity contribution in [3.8, 4) is 0 Å². The number of alkyl halides is 3. The van der Waals surface area contributed by atoms with E-state index in [2.05, 4.69) is 16.7 Å². The molecule has 0 fully saturated rings. The van der Waals surface area contributed by atoms with Gasteiger partial charge in [0.05, 0.1) is 23.8 Å². The van der Waals surface area contributed by atoms with E-state index in [1.54, 1.807) is 18.2 Å². The van der Waals surface area contributed by atoms with Gasteiger partial charge in [0, 0.05) is 17.3 Å². The van der Waals surface area contributed by atoms with Crippen molar-refractivity contribution >= 4 is 23.9 Å². The highest BCUT2D eigenvalue weighted by Crippen LogP contribution is 2.37. The molecule has 0 saturated carbocycles. The lowest BCUT2D eigenvalue weighted by molar-refractivity contribution is -0.140. The van der Waals surface area contributed by atoms with Crippen molar-refractivity contribution in [2.24, 2.45) is 10.4 Å². The van der Waals surface area contributed by atoms with Crippen LogP contribution in [0, 0.1) is 5.41 Å². The van der Waals surface area contributed by atoms with Crippen molar-refractivity contribution in [2.45, 2.75) is 33.9 Å². The molecule has 0 spiro atoms. The number of ether oxygens (including phenoxy) is 1. The fraction of sp³-hybridized carbons (Fsp3) is 0.320. The Morgan fingerprint density at radius 1 is 1.15 bits per heavy atom. The molecule has 0 aliphatic rings. The number of hydrogen-bond donors (Lipinski definition) is 0. The predicted molar refractivity (Wildman–Crippen MR) is 125 cm³/mol. The van der Waals surface area contributed by atoms with E-state index < -0.39 is 36.0 Å². The van der Waals surface area contributed by atoms with Crippen molar-refractivity contribution in [3.63, 3.8) is 0 Å². The summed E-state index contributed by atoms with van der Waals surface area (Å²) in [6.07, 6.45) is -2.81. The molecular weight excluding hydrogens is 450 g/mol. The van der Waals surface area contributed by atoms with Gasteiger partial charge in [0.2, 0.25) is 0 Å². The Morgan fingerprint density at radius 3 is 2.32 bits per heavy atom. The van der Waals surface area contributed by atoms with Crippen LogP contribution in [0.25, 0.3) is 5.57 Å². The van der Waals surface area contributed by atoms with Crippen molar-refractivity contribution in [1.82, 2.24) is 4.98 Å². The highest BCUT2D eigenvalue weighted by molar-refractivity contribution is 6.06. The van der Waals surface area contributed by atoms with Crippen molar-refractivity contribution in [1.29, 1.82) is 0 Å². The monoisotopic (exact) mass is 477 g/mol. The third-order valence-electron chi connectivity index (χ3n) is 4.34. The minimum absolute atomic E-state index is 0.00281. The lowest BCUT2D eigenvalue weighted by Gasteiger charge is -2.27. The SMILES string of the molecule is C=N/C=C(\C=C(/C)F)c1ccc(N(COCC(C)(C)C)C(=O)c2ccccc2)c(C(F)(F)F)n1. The molecule has 0 N–H and O–H groups in total. The van der Waals surface area contributed by atoms with E-state index in [-0.39, 0.29) is 28.9 Å². The van der Waals surface area contributed by atoms with E-state index in [0.29, 0.717) is 0 Å². The molecule has 34 heavy (non-hydrogen) atoms. The number of pyridine rings is 1. The summed E-state index contributed by atoms with van der Waals surface area (Å²) < 4.78 is 61.4. The Bertz CT molecular complexity index is 1070. The van der Waals surface area contributed by atoms with Crippen molar-refractivity contribution < 1.29 is 27.1 Å². The van der Waals surface area contributed by atoms with E-state index >= 15 is 0 Å². The standard InChI is InChI=1S/C25H27F4N3O2/c1-17(26)13-19(14-30-5)20-11-12-21(22(31-20)25(27,28)29)32(16-34-15-24(2,3)4)23(33)18-9-7-6-8-10-18/h6-14H,5,15-16H2,1-4H3/b17-13+,19-14+. The molecule has 2 rings (SSSR count). The van der Waals surface area contributed by atoms with Gasteiger partial charge in [-0.15, -0.1) is 0 Å². The number of allylic oxidation sites excluding steroid dienone is 3. The lowest BCUT2D eigenvalue weighted by Crippen LogP contribution is -2.36. The summed E-state index contributed by atoms with van der Waals surface area (Å²) in [6.45, 7) is 9.88. The van der Waals surface area contributed by atoms with Crippen LogP contribution in [0.1, 0.15) is 49.4 Å². The number of carbonyl (C=O) groups is 1. The lowest BCUT2D eigenvalue weighted by atomic mass is 9.99. The number of carbonyl (C=O) groups excluding carboxylic acids is 1. The van der Waals surface area contributed by atoms with Crippen LogP contribution < -0.4 is 4.90 Å². The van der Waals surface area contributed by atoms with E-state index in [0.717, 1.165) is 30.2 Å². The molecule has 2 aromatic rings. The van der Waals surface area contributed by atoms with E-state index in [4.69, 9.17) is 4.74 Å². The van der Waals surface area contributed by atoms with Crippen LogP contribution in [-0.4, -0.2) is 30.9 Å². The van der Waals surface area contributed by atoms with Gasteiger partial charge in [-0.05, 0) is 49.4 Å². The molecule has 9 heteroatoms. The molecule has 0 saturated heterocycles. The molecule has 0 unspecified atom stereocenters. The molecule has 0 aliphatic heterocycles. The Balaban J connectivity index is 2.63. The molecule has 0 radical (unpaired) electrons. The van der Waals surface area contributed by atoms with Crippen LogP contribution in [0.5, 0.6) is 0 Å². The summed E-state index contributed by atoms with van der Waals surface area (Å²) in [5.41, 5.74) is -2.06. The first-order valence-corrected chi connectivity index (χ1v) is 10.4. The Kier molecular flexibility index (Phi) is 8.86. The largest absolute Gasteiger partial charge is 0.435 e. The van der Waals surface area contributed by atoms with Crippen LogP contribution in [0.3, 0.4) is 0 Å². The zero-order valence-corrected chi connectivity index (χ0v) is 19.5. The molecule has 0 bridgehead atoms.